The Kier molecular flexibility index (Phi) is 2.75. The maximum absolute atomic E-state index is 4.30. The van der Waals surface area contributed by atoms with Gasteiger partial charge in [-0.3, -0.25) is 0 Å². The van der Waals surface area contributed by atoms with Crippen molar-refractivity contribution in [1.82, 2.24) is 14.8 Å². The van der Waals surface area contributed by atoms with Crippen molar-refractivity contribution < 1.29 is 0 Å². The molecule has 2 aromatic rings. The van der Waals surface area contributed by atoms with Gasteiger partial charge in [0.05, 0.1) is 5.41 Å². The molecular weight excluding hydrogens is 298 g/mol. The molecule has 17 heavy (non-hydrogen) atoms. The number of aryl methyl sites for hydroxylation is 1. The highest BCUT2D eigenvalue weighted by Gasteiger charge is 2.44. The molecule has 0 atom stereocenters. The Balaban J connectivity index is 2.12. The van der Waals surface area contributed by atoms with E-state index in [1.165, 1.54) is 5.56 Å². The second kappa shape index (κ2) is 4.14. The summed E-state index contributed by atoms with van der Waals surface area (Å²) in [7, 11) is 2.01. The Morgan fingerprint density at radius 1 is 1.41 bits per heavy atom. The lowest BCUT2D eigenvalue weighted by atomic mass is 9.82. The molecule has 2 heterocycles. The van der Waals surface area contributed by atoms with Crippen LogP contribution in [0.15, 0.2) is 35.1 Å². The van der Waals surface area contributed by atoms with Crippen LogP contribution in [0, 0.1) is 0 Å². The van der Waals surface area contributed by atoms with Crippen LogP contribution in [-0.4, -0.2) is 26.3 Å². The van der Waals surface area contributed by atoms with Crippen molar-refractivity contribution in [2.24, 2.45) is 7.05 Å². The van der Waals surface area contributed by atoms with Crippen molar-refractivity contribution in [2.75, 3.05) is 11.5 Å². The van der Waals surface area contributed by atoms with Gasteiger partial charge in [0.2, 0.25) is 0 Å². The van der Waals surface area contributed by atoms with Crippen molar-refractivity contribution in [3.63, 3.8) is 0 Å². The van der Waals surface area contributed by atoms with Gasteiger partial charge in [-0.05, 0) is 17.7 Å². The summed E-state index contributed by atoms with van der Waals surface area (Å²) in [4.78, 5) is 0. The summed E-state index contributed by atoms with van der Waals surface area (Å²) in [5.41, 5.74) is 1.36. The van der Waals surface area contributed by atoms with Crippen LogP contribution in [0.25, 0.3) is 0 Å². The van der Waals surface area contributed by atoms with E-state index in [2.05, 4.69) is 50.4 Å². The molecule has 3 rings (SSSR count). The fourth-order valence-corrected chi connectivity index (χ4v) is 3.84. The van der Waals surface area contributed by atoms with E-state index in [-0.39, 0.29) is 5.41 Å². The predicted octanol–water partition coefficient (Wildman–Crippen LogP) is 2.61. The molecule has 1 aromatic heterocycles. The van der Waals surface area contributed by atoms with E-state index in [0.29, 0.717) is 0 Å². The molecule has 0 amide bonds. The summed E-state index contributed by atoms with van der Waals surface area (Å²) in [5.74, 6) is 3.22. The number of nitrogens with zero attached hydrogens (tertiary/aromatic N) is 3. The van der Waals surface area contributed by atoms with Crippen LogP contribution in [0.1, 0.15) is 11.4 Å². The second-order valence-corrected chi connectivity index (χ2v) is 6.25. The molecule has 0 radical (unpaired) electrons. The molecular formula is C12H12BrN3S. The molecule has 0 unspecified atom stereocenters. The van der Waals surface area contributed by atoms with Gasteiger partial charge in [-0.2, -0.15) is 11.8 Å². The van der Waals surface area contributed by atoms with E-state index in [1.54, 1.807) is 6.33 Å². The standard InChI is InChI=1S/C12H12BrN3S/c1-16-8-14-15-11(16)12(6-17-7-12)9-3-2-4-10(13)5-9/h2-5,8H,6-7H2,1H3. The number of rotatable bonds is 2. The van der Waals surface area contributed by atoms with Crippen molar-refractivity contribution in [2.45, 2.75) is 5.41 Å². The molecule has 0 spiro atoms. The topological polar surface area (TPSA) is 30.7 Å². The van der Waals surface area contributed by atoms with Crippen molar-refractivity contribution in [1.29, 1.82) is 0 Å². The molecule has 0 saturated carbocycles. The van der Waals surface area contributed by atoms with Crippen LogP contribution in [-0.2, 0) is 12.5 Å². The largest absolute Gasteiger partial charge is 0.320 e. The van der Waals surface area contributed by atoms with Gasteiger partial charge in [0.15, 0.2) is 0 Å². The first kappa shape index (κ1) is 11.3. The summed E-state index contributed by atoms with van der Waals surface area (Å²) < 4.78 is 3.15. The molecule has 1 saturated heterocycles. The molecule has 88 valence electrons. The fraction of sp³-hybridized carbons (Fsp3) is 0.333. The molecule has 1 fully saturated rings. The highest BCUT2D eigenvalue weighted by Crippen LogP contribution is 2.45. The van der Waals surface area contributed by atoms with E-state index in [1.807, 2.05) is 23.4 Å². The summed E-state index contributed by atoms with van der Waals surface area (Å²) in [6.07, 6.45) is 1.78. The minimum absolute atomic E-state index is 0.0414. The van der Waals surface area contributed by atoms with Gasteiger partial charge in [-0.15, -0.1) is 10.2 Å². The lowest BCUT2D eigenvalue weighted by Gasteiger charge is -2.40. The summed E-state index contributed by atoms with van der Waals surface area (Å²) >= 11 is 5.50. The Labute approximate surface area is 113 Å². The number of aromatic nitrogens is 3. The average Bonchev–Trinajstić information content (AvgIpc) is 2.64. The summed E-state index contributed by atoms with van der Waals surface area (Å²) in [6.45, 7) is 0. The monoisotopic (exact) mass is 309 g/mol. The molecule has 0 bridgehead atoms. The molecule has 1 aliphatic rings. The van der Waals surface area contributed by atoms with Gasteiger partial charge in [0.1, 0.15) is 12.2 Å². The van der Waals surface area contributed by atoms with Gasteiger partial charge in [-0.25, -0.2) is 0 Å². The number of benzene rings is 1. The minimum Gasteiger partial charge on any atom is -0.320 e. The number of hydrogen-bond acceptors (Lipinski definition) is 3. The third kappa shape index (κ3) is 1.72. The zero-order valence-corrected chi connectivity index (χ0v) is 11.8. The lowest BCUT2D eigenvalue weighted by molar-refractivity contribution is 0.553. The van der Waals surface area contributed by atoms with Crippen LogP contribution >= 0.6 is 27.7 Å². The van der Waals surface area contributed by atoms with Crippen LogP contribution in [0.3, 0.4) is 0 Å². The maximum Gasteiger partial charge on any atom is 0.144 e. The SMILES string of the molecule is Cn1cnnc1C1(c2cccc(Br)c2)CSC1. The number of halogens is 1. The third-order valence-electron chi connectivity index (χ3n) is 3.21. The second-order valence-electron chi connectivity index (χ2n) is 4.35. The van der Waals surface area contributed by atoms with Crippen LogP contribution < -0.4 is 0 Å². The van der Waals surface area contributed by atoms with E-state index in [9.17, 15) is 0 Å². The van der Waals surface area contributed by atoms with Gasteiger partial charge >= 0.3 is 0 Å². The first-order valence-electron chi connectivity index (χ1n) is 5.41. The smallest absolute Gasteiger partial charge is 0.144 e. The normalized spacial score (nSPS) is 17.8. The summed E-state index contributed by atoms with van der Waals surface area (Å²) in [5, 5.41) is 8.31. The molecule has 0 aliphatic carbocycles. The molecule has 5 heteroatoms. The molecule has 3 nitrogen and oxygen atoms in total. The number of hydrogen-bond donors (Lipinski definition) is 0. The zero-order chi connectivity index (χ0) is 11.9. The Hall–Kier alpha value is -0.810. The zero-order valence-electron chi connectivity index (χ0n) is 9.43. The maximum atomic E-state index is 4.30. The van der Waals surface area contributed by atoms with E-state index in [0.717, 1.165) is 21.8 Å². The highest BCUT2D eigenvalue weighted by atomic mass is 79.9. The van der Waals surface area contributed by atoms with E-state index in [4.69, 9.17) is 0 Å². The Morgan fingerprint density at radius 3 is 2.76 bits per heavy atom. The van der Waals surface area contributed by atoms with Crippen molar-refractivity contribution in [3.8, 4) is 0 Å². The average molecular weight is 310 g/mol. The minimum atomic E-state index is 0.0414. The van der Waals surface area contributed by atoms with Gasteiger partial charge in [0, 0.05) is 23.0 Å². The highest BCUT2D eigenvalue weighted by molar-refractivity contribution is 9.10. The molecule has 0 N–H and O–H groups in total. The quantitative estimate of drug-likeness (QED) is 0.854. The van der Waals surface area contributed by atoms with Gasteiger partial charge in [-0.1, -0.05) is 28.1 Å². The van der Waals surface area contributed by atoms with E-state index >= 15 is 0 Å². The first-order chi connectivity index (χ1) is 8.22. The number of thioether (sulfide) groups is 1. The molecule has 1 aromatic carbocycles. The summed E-state index contributed by atoms with van der Waals surface area (Å²) in [6, 6.07) is 8.51. The van der Waals surface area contributed by atoms with Crippen LogP contribution in [0.2, 0.25) is 0 Å². The van der Waals surface area contributed by atoms with Crippen molar-refractivity contribution >= 4 is 27.7 Å². The Morgan fingerprint density at radius 2 is 2.24 bits per heavy atom. The fourth-order valence-electron chi connectivity index (χ4n) is 2.23. The lowest BCUT2D eigenvalue weighted by Crippen LogP contribution is -2.43. The first-order valence-corrected chi connectivity index (χ1v) is 7.35. The Bertz CT molecular complexity index is 548. The van der Waals surface area contributed by atoms with Crippen LogP contribution in [0.5, 0.6) is 0 Å². The third-order valence-corrected chi connectivity index (χ3v) is 5.10. The van der Waals surface area contributed by atoms with Gasteiger partial charge < -0.3 is 4.57 Å². The molecule has 1 aliphatic heterocycles. The van der Waals surface area contributed by atoms with E-state index < -0.39 is 0 Å². The van der Waals surface area contributed by atoms with Gasteiger partial charge in [0.25, 0.3) is 0 Å². The van der Waals surface area contributed by atoms with Crippen molar-refractivity contribution in [3.05, 3.63) is 46.5 Å². The predicted molar refractivity (Wildman–Crippen MR) is 73.3 cm³/mol. The van der Waals surface area contributed by atoms with Crippen LogP contribution in [0.4, 0.5) is 0 Å².